The molecule has 1 saturated carbocycles. The maximum absolute atomic E-state index is 15.1. The van der Waals surface area contributed by atoms with Crippen molar-refractivity contribution in [2.75, 3.05) is 10.2 Å². The van der Waals surface area contributed by atoms with Crippen molar-refractivity contribution in [1.82, 2.24) is 10.3 Å². The predicted octanol–water partition coefficient (Wildman–Crippen LogP) is 5.26. The smallest absolute Gasteiger partial charge is 0.248 e. The van der Waals surface area contributed by atoms with Crippen LogP contribution in [-0.4, -0.2) is 33.9 Å². The average molecular weight is 533 g/mol. The van der Waals surface area contributed by atoms with Gasteiger partial charge in [0.05, 0.1) is 5.69 Å². The molecule has 8 nitrogen and oxygen atoms in total. The Morgan fingerprint density at radius 2 is 1.67 bits per heavy atom. The number of halogens is 1. The zero-order valence-electron chi connectivity index (χ0n) is 21.7. The molecule has 1 aliphatic rings. The molecule has 3 N–H and O–H groups in total. The molecule has 0 aliphatic heterocycles. The van der Waals surface area contributed by atoms with Crippen LogP contribution in [0.15, 0.2) is 72.9 Å². The first-order valence-electron chi connectivity index (χ1n) is 13.3. The summed E-state index contributed by atoms with van der Waals surface area (Å²) < 4.78 is 15.1. The molecule has 0 saturated heterocycles. The summed E-state index contributed by atoms with van der Waals surface area (Å²) in [6.07, 6.45) is 6.52. The van der Waals surface area contributed by atoms with E-state index in [1.165, 1.54) is 35.2 Å². The molecule has 9 heteroatoms. The zero-order valence-corrected chi connectivity index (χ0v) is 21.7. The average Bonchev–Trinajstić information content (AvgIpc) is 2.94. The summed E-state index contributed by atoms with van der Waals surface area (Å²) >= 11 is 0. The van der Waals surface area contributed by atoms with Crippen LogP contribution in [0.4, 0.5) is 15.9 Å². The third kappa shape index (κ3) is 7.63. The van der Waals surface area contributed by atoms with Crippen LogP contribution >= 0.6 is 0 Å². The number of nitrogens with one attached hydrogen (secondary N) is 2. The number of para-hydroxylation sites is 1. The van der Waals surface area contributed by atoms with Crippen LogP contribution in [0.2, 0.25) is 0 Å². The maximum Gasteiger partial charge on any atom is 0.248 e. The van der Waals surface area contributed by atoms with Crippen LogP contribution in [0.25, 0.3) is 0 Å². The van der Waals surface area contributed by atoms with Crippen molar-refractivity contribution in [3.63, 3.8) is 0 Å². The first-order chi connectivity index (χ1) is 18.9. The molecule has 1 atom stereocenters. The molecule has 39 heavy (non-hydrogen) atoms. The minimum absolute atomic E-state index is 0.00729. The first-order valence-corrected chi connectivity index (χ1v) is 13.3. The van der Waals surface area contributed by atoms with E-state index in [4.69, 9.17) is 0 Å². The van der Waals surface area contributed by atoms with Crippen molar-refractivity contribution in [3.8, 4) is 5.75 Å². The standard InChI is InChI=1S/C30H33FN4O4/c31-24-11-4-5-12-25(24)35(28(38)15-8-14-27(37)34-26-13-6-7-20-32-26)29(21-16-18-23(36)19-17-21)30(39)33-22-9-2-1-3-10-22/h4-7,11-13,16-20,22,29,36H,1-3,8-10,14-15H2,(H,33,39)(H,32,34,37). The largest absolute Gasteiger partial charge is 0.508 e. The van der Waals surface area contributed by atoms with E-state index in [9.17, 15) is 19.5 Å². The van der Waals surface area contributed by atoms with E-state index in [1.807, 2.05) is 0 Å². The minimum Gasteiger partial charge on any atom is -0.508 e. The number of hydrogen-bond acceptors (Lipinski definition) is 5. The number of nitrogens with zero attached hydrogens (tertiary/aromatic N) is 2. The van der Waals surface area contributed by atoms with Crippen molar-refractivity contribution in [3.05, 3.63) is 84.3 Å². The monoisotopic (exact) mass is 532 g/mol. The van der Waals surface area contributed by atoms with Crippen molar-refractivity contribution < 1.29 is 23.9 Å². The minimum atomic E-state index is -1.17. The highest BCUT2D eigenvalue weighted by atomic mass is 19.1. The van der Waals surface area contributed by atoms with Crippen molar-refractivity contribution >= 4 is 29.2 Å². The normalized spacial score (nSPS) is 14.3. The topological polar surface area (TPSA) is 112 Å². The van der Waals surface area contributed by atoms with Crippen LogP contribution in [0.3, 0.4) is 0 Å². The van der Waals surface area contributed by atoms with Crippen LogP contribution in [0, 0.1) is 5.82 Å². The van der Waals surface area contributed by atoms with Crippen molar-refractivity contribution in [2.24, 2.45) is 0 Å². The molecular weight excluding hydrogens is 499 g/mol. The van der Waals surface area contributed by atoms with Gasteiger partial charge in [-0.05, 0) is 61.2 Å². The Morgan fingerprint density at radius 3 is 2.36 bits per heavy atom. The third-order valence-corrected chi connectivity index (χ3v) is 6.77. The van der Waals surface area contributed by atoms with Gasteiger partial charge in [0.1, 0.15) is 23.4 Å². The number of phenols is 1. The Bertz CT molecular complexity index is 1260. The summed E-state index contributed by atoms with van der Waals surface area (Å²) in [5.74, 6) is -1.45. The number of carbonyl (C=O) groups is 3. The molecule has 3 amide bonds. The van der Waals surface area contributed by atoms with Gasteiger partial charge in [-0.15, -0.1) is 0 Å². The summed E-state index contributed by atoms with van der Waals surface area (Å²) in [6.45, 7) is 0. The number of benzene rings is 2. The molecule has 204 valence electrons. The zero-order chi connectivity index (χ0) is 27.6. The molecule has 1 heterocycles. The summed E-state index contributed by atoms with van der Waals surface area (Å²) in [5, 5.41) is 15.6. The molecule has 1 aromatic heterocycles. The molecule has 0 spiro atoms. The summed E-state index contributed by atoms with van der Waals surface area (Å²) in [7, 11) is 0. The number of amides is 3. The van der Waals surface area contributed by atoms with E-state index < -0.39 is 23.7 Å². The number of hydrogen-bond donors (Lipinski definition) is 3. The Hall–Kier alpha value is -4.27. The highest BCUT2D eigenvalue weighted by molar-refractivity contribution is 6.01. The molecule has 0 bridgehead atoms. The molecule has 0 radical (unpaired) electrons. The van der Waals surface area contributed by atoms with Gasteiger partial charge in [-0.3, -0.25) is 19.3 Å². The molecular formula is C30H33FN4O4. The number of aromatic nitrogens is 1. The fourth-order valence-electron chi connectivity index (χ4n) is 4.83. The van der Waals surface area contributed by atoms with Gasteiger partial charge in [0.2, 0.25) is 17.7 Å². The molecule has 4 rings (SSSR count). The van der Waals surface area contributed by atoms with Gasteiger partial charge < -0.3 is 15.7 Å². The molecule has 1 aliphatic carbocycles. The lowest BCUT2D eigenvalue weighted by Crippen LogP contribution is -2.47. The van der Waals surface area contributed by atoms with Crippen LogP contribution < -0.4 is 15.5 Å². The lowest BCUT2D eigenvalue weighted by atomic mass is 9.94. The van der Waals surface area contributed by atoms with Gasteiger partial charge >= 0.3 is 0 Å². The van der Waals surface area contributed by atoms with E-state index in [0.717, 1.165) is 32.1 Å². The van der Waals surface area contributed by atoms with E-state index in [-0.39, 0.29) is 42.6 Å². The van der Waals surface area contributed by atoms with Gasteiger partial charge in [0.15, 0.2) is 0 Å². The summed E-state index contributed by atoms with van der Waals surface area (Å²) in [5.41, 5.74) is 0.405. The van der Waals surface area contributed by atoms with Crippen molar-refractivity contribution in [1.29, 1.82) is 0 Å². The molecule has 2 aromatic carbocycles. The van der Waals surface area contributed by atoms with Gasteiger partial charge in [-0.25, -0.2) is 9.37 Å². The second kappa shape index (κ2) is 13.5. The van der Waals surface area contributed by atoms with Crippen molar-refractivity contribution in [2.45, 2.75) is 63.5 Å². The molecule has 3 aromatic rings. The number of aromatic hydroxyl groups is 1. The van der Waals surface area contributed by atoms with Crippen LogP contribution in [0.1, 0.15) is 63.0 Å². The first kappa shape index (κ1) is 27.8. The van der Waals surface area contributed by atoms with E-state index in [0.29, 0.717) is 11.4 Å². The Balaban J connectivity index is 1.58. The molecule has 1 fully saturated rings. The van der Waals surface area contributed by atoms with E-state index >= 15 is 4.39 Å². The van der Waals surface area contributed by atoms with Gasteiger partial charge in [0, 0.05) is 25.1 Å². The van der Waals surface area contributed by atoms with Crippen LogP contribution in [0.5, 0.6) is 5.75 Å². The van der Waals surface area contributed by atoms with Crippen LogP contribution in [-0.2, 0) is 14.4 Å². The summed E-state index contributed by atoms with van der Waals surface area (Å²) in [6, 6.07) is 15.8. The Labute approximate surface area is 227 Å². The predicted molar refractivity (Wildman–Crippen MR) is 146 cm³/mol. The lowest BCUT2D eigenvalue weighted by Gasteiger charge is -2.33. The summed E-state index contributed by atoms with van der Waals surface area (Å²) in [4.78, 5) is 45.1. The SMILES string of the molecule is O=C(CCCC(=O)N(c1ccccc1F)C(C(=O)NC1CCCCC1)c1ccc(O)cc1)Nc1ccccn1. The second-order valence-corrected chi connectivity index (χ2v) is 9.67. The van der Waals surface area contributed by atoms with Gasteiger partial charge in [-0.2, -0.15) is 0 Å². The fraction of sp³-hybridized carbons (Fsp3) is 0.333. The number of phenolic OH excluding ortho intramolecular Hbond substituents is 1. The number of rotatable bonds is 10. The highest BCUT2D eigenvalue weighted by Gasteiger charge is 2.35. The Morgan fingerprint density at radius 1 is 0.949 bits per heavy atom. The molecule has 1 unspecified atom stereocenters. The maximum atomic E-state index is 15.1. The van der Waals surface area contributed by atoms with Gasteiger partial charge in [-0.1, -0.05) is 49.6 Å². The quantitative estimate of drug-likeness (QED) is 0.330. The number of anilines is 2. The Kier molecular flexibility index (Phi) is 9.61. The number of carbonyl (C=O) groups excluding carboxylic acids is 3. The highest BCUT2D eigenvalue weighted by Crippen LogP contribution is 2.32. The third-order valence-electron chi connectivity index (χ3n) is 6.77. The fourth-order valence-corrected chi connectivity index (χ4v) is 4.83. The van der Waals surface area contributed by atoms with Gasteiger partial charge in [0.25, 0.3) is 0 Å². The number of pyridine rings is 1. The second-order valence-electron chi connectivity index (χ2n) is 9.67. The lowest BCUT2D eigenvalue weighted by molar-refractivity contribution is -0.127. The van der Waals surface area contributed by atoms with E-state index in [2.05, 4.69) is 15.6 Å². The van der Waals surface area contributed by atoms with E-state index in [1.54, 1.807) is 42.6 Å².